The summed E-state index contributed by atoms with van der Waals surface area (Å²) in [6.45, 7) is 0.186. The van der Waals surface area contributed by atoms with Gasteiger partial charge in [0, 0.05) is 31.1 Å². The molecule has 10 heteroatoms. The molecule has 0 unspecified atom stereocenters. The lowest BCUT2D eigenvalue weighted by atomic mass is 10.2. The molecule has 1 amide bonds. The summed E-state index contributed by atoms with van der Waals surface area (Å²) in [7, 11) is 1.51. The number of benzene rings is 2. The number of halogens is 3. The number of alkyl halides is 3. The van der Waals surface area contributed by atoms with Crippen LogP contribution < -0.4 is 15.4 Å². The Kier molecular flexibility index (Phi) is 5.67. The molecule has 0 saturated heterocycles. The van der Waals surface area contributed by atoms with Crippen molar-refractivity contribution >= 4 is 22.6 Å². The first-order chi connectivity index (χ1) is 15.3. The molecule has 2 heterocycles. The van der Waals surface area contributed by atoms with Crippen LogP contribution in [0.1, 0.15) is 21.9 Å². The van der Waals surface area contributed by atoms with Crippen LogP contribution in [-0.4, -0.2) is 27.9 Å². The fourth-order valence-electron chi connectivity index (χ4n) is 3.11. The first-order valence-electron chi connectivity index (χ1n) is 9.58. The van der Waals surface area contributed by atoms with Crippen molar-refractivity contribution in [1.29, 1.82) is 0 Å². The van der Waals surface area contributed by atoms with Gasteiger partial charge in [-0.15, -0.1) is 0 Å². The lowest BCUT2D eigenvalue weighted by molar-refractivity contribution is -0.136. The Hall–Kier alpha value is -4.08. The summed E-state index contributed by atoms with van der Waals surface area (Å²) >= 11 is 0. The van der Waals surface area contributed by atoms with Crippen LogP contribution in [0.3, 0.4) is 0 Å². The van der Waals surface area contributed by atoms with Gasteiger partial charge in [0.15, 0.2) is 0 Å². The first-order valence-corrected chi connectivity index (χ1v) is 9.58. The van der Waals surface area contributed by atoms with E-state index in [1.54, 1.807) is 36.4 Å². The first kappa shape index (κ1) is 21.2. The number of nitrogens with one attached hydrogen (secondary N) is 3. The summed E-state index contributed by atoms with van der Waals surface area (Å²) in [4.78, 5) is 22.7. The molecule has 2 aromatic carbocycles. The maximum absolute atomic E-state index is 13.2. The third-order valence-corrected chi connectivity index (χ3v) is 4.59. The molecule has 0 fully saturated rings. The molecule has 0 aliphatic carbocycles. The van der Waals surface area contributed by atoms with Gasteiger partial charge in [-0.25, -0.2) is 4.98 Å². The van der Waals surface area contributed by atoms with Crippen molar-refractivity contribution in [3.63, 3.8) is 0 Å². The predicted molar refractivity (Wildman–Crippen MR) is 113 cm³/mol. The SMILES string of the molecule is CNC(=O)c1cc(Oc2cccc(NCc3nc4c(C(F)(F)F)cccc4[nH]3)c2)ccn1. The zero-order chi connectivity index (χ0) is 22.7. The lowest BCUT2D eigenvalue weighted by Gasteiger charge is -2.09. The number of hydrogen-bond donors (Lipinski definition) is 3. The molecule has 0 radical (unpaired) electrons. The highest BCUT2D eigenvalue weighted by Crippen LogP contribution is 2.33. The van der Waals surface area contributed by atoms with E-state index in [1.807, 2.05) is 0 Å². The van der Waals surface area contributed by atoms with Crippen molar-refractivity contribution in [1.82, 2.24) is 20.3 Å². The molecule has 164 valence electrons. The van der Waals surface area contributed by atoms with Crippen LogP contribution in [0, 0.1) is 0 Å². The molecule has 0 spiro atoms. The van der Waals surface area contributed by atoms with E-state index >= 15 is 0 Å². The van der Waals surface area contributed by atoms with E-state index in [0.717, 1.165) is 6.07 Å². The van der Waals surface area contributed by atoms with Crippen molar-refractivity contribution in [3.8, 4) is 11.5 Å². The van der Waals surface area contributed by atoms with Crippen LogP contribution in [0.4, 0.5) is 18.9 Å². The normalized spacial score (nSPS) is 11.4. The minimum Gasteiger partial charge on any atom is -0.457 e. The fourth-order valence-corrected chi connectivity index (χ4v) is 3.11. The number of fused-ring (bicyclic) bond motifs is 1. The molecule has 4 rings (SSSR count). The Morgan fingerprint density at radius 2 is 1.88 bits per heavy atom. The quantitative estimate of drug-likeness (QED) is 0.402. The second-order valence-corrected chi connectivity index (χ2v) is 6.82. The van der Waals surface area contributed by atoms with Crippen molar-refractivity contribution < 1.29 is 22.7 Å². The number of hydrogen-bond acceptors (Lipinski definition) is 5. The van der Waals surface area contributed by atoms with Crippen molar-refractivity contribution in [2.45, 2.75) is 12.7 Å². The summed E-state index contributed by atoms with van der Waals surface area (Å²) in [5.74, 6) is 0.985. The second kappa shape index (κ2) is 8.58. The summed E-state index contributed by atoms with van der Waals surface area (Å²) in [5, 5.41) is 5.61. The van der Waals surface area contributed by atoms with E-state index in [4.69, 9.17) is 4.74 Å². The van der Waals surface area contributed by atoms with Crippen LogP contribution in [0.15, 0.2) is 60.8 Å². The molecule has 32 heavy (non-hydrogen) atoms. The monoisotopic (exact) mass is 441 g/mol. The molecule has 3 N–H and O–H groups in total. The molecule has 7 nitrogen and oxygen atoms in total. The van der Waals surface area contributed by atoms with E-state index in [1.165, 1.54) is 25.4 Å². The molecule has 0 aliphatic rings. The van der Waals surface area contributed by atoms with Crippen molar-refractivity contribution in [2.24, 2.45) is 0 Å². The van der Waals surface area contributed by atoms with Gasteiger partial charge in [0.05, 0.1) is 17.6 Å². The van der Waals surface area contributed by atoms with E-state index in [0.29, 0.717) is 28.5 Å². The number of anilines is 1. The summed E-state index contributed by atoms with van der Waals surface area (Å²) in [6.07, 6.45) is -3.01. The second-order valence-electron chi connectivity index (χ2n) is 6.82. The van der Waals surface area contributed by atoms with Gasteiger partial charge in [-0.3, -0.25) is 9.78 Å². The zero-order valence-corrected chi connectivity index (χ0v) is 16.8. The number of para-hydroxylation sites is 1. The molecule has 0 atom stereocenters. The molecule has 2 aromatic heterocycles. The van der Waals surface area contributed by atoms with Gasteiger partial charge in [0.1, 0.15) is 28.5 Å². The van der Waals surface area contributed by atoms with Crippen LogP contribution >= 0.6 is 0 Å². The van der Waals surface area contributed by atoms with Crippen LogP contribution in [-0.2, 0) is 12.7 Å². The summed E-state index contributed by atoms with van der Waals surface area (Å²) in [5.41, 5.74) is 0.333. The topological polar surface area (TPSA) is 91.9 Å². The number of pyridine rings is 1. The standard InChI is InChI=1S/C22H18F3N5O2/c1-26-21(31)18-11-15(8-9-27-18)32-14-5-2-4-13(10-14)28-12-19-29-17-7-3-6-16(20(17)30-19)22(23,24)25/h2-11,28H,12H2,1H3,(H,26,31)(H,29,30). The van der Waals surface area contributed by atoms with Gasteiger partial charge < -0.3 is 20.4 Å². The number of nitrogens with zero attached hydrogens (tertiary/aromatic N) is 2. The number of amides is 1. The molecule has 0 bridgehead atoms. The molecule has 0 aliphatic heterocycles. The maximum Gasteiger partial charge on any atom is 0.418 e. The summed E-state index contributed by atoms with van der Waals surface area (Å²) in [6, 6.07) is 14.1. The van der Waals surface area contributed by atoms with Gasteiger partial charge in [0.25, 0.3) is 5.91 Å². The molecular weight excluding hydrogens is 423 g/mol. The van der Waals surface area contributed by atoms with Gasteiger partial charge in [-0.1, -0.05) is 12.1 Å². The highest BCUT2D eigenvalue weighted by atomic mass is 19.4. The molecule has 0 saturated carbocycles. The predicted octanol–water partition coefficient (Wildman–Crippen LogP) is 4.74. The van der Waals surface area contributed by atoms with Gasteiger partial charge >= 0.3 is 6.18 Å². The van der Waals surface area contributed by atoms with E-state index in [-0.39, 0.29) is 23.7 Å². The molecular formula is C22H18F3N5O2. The number of rotatable bonds is 6. The zero-order valence-electron chi connectivity index (χ0n) is 16.8. The minimum absolute atomic E-state index is 0.113. The van der Waals surface area contributed by atoms with Crippen LogP contribution in [0.5, 0.6) is 11.5 Å². The third-order valence-electron chi connectivity index (χ3n) is 4.59. The average Bonchev–Trinajstić information content (AvgIpc) is 3.20. The number of ether oxygens (including phenoxy) is 1. The Morgan fingerprint density at radius 1 is 1.09 bits per heavy atom. The van der Waals surface area contributed by atoms with Gasteiger partial charge in [-0.05, 0) is 30.3 Å². The highest BCUT2D eigenvalue weighted by Gasteiger charge is 2.33. The summed E-state index contributed by atoms with van der Waals surface area (Å²) < 4.78 is 45.3. The number of aromatic amines is 1. The number of imidazole rings is 1. The number of H-pyrrole nitrogens is 1. The minimum atomic E-state index is -4.48. The smallest absolute Gasteiger partial charge is 0.418 e. The number of carbonyl (C=O) groups is 1. The largest absolute Gasteiger partial charge is 0.457 e. The fraction of sp³-hybridized carbons (Fsp3) is 0.136. The Bertz CT molecular complexity index is 1270. The number of aromatic nitrogens is 3. The number of carbonyl (C=O) groups excluding carboxylic acids is 1. The lowest BCUT2D eigenvalue weighted by Crippen LogP contribution is -2.18. The third kappa shape index (κ3) is 4.64. The Labute approximate surface area is 180 Å². The van der Waals surface area contributed by atoms with E-state index < -0.39 is 11.7 Å². The van der Waals surface area contributed by atoms with Gasteiger partial charge in [0.2, 0.25) is 0 Å². The highest BCUT2D eigenvalue weighted by molar-refractivity contribution is 5.92. The van der Waals surface area contributed by atoms with Crippen LogP contribution in [0.25, 0.3) is 11.0 Å². The Morgan fingerprint density at radius 3 is 2.66 bits per heavy atom. The molecule has 4 aromatic rings. The van der Waals surface area contributed by atoms with Crippen molar-refractivity contribution in [2.75, 3.05) is 12.4 Å². The van der Waals surface area contributed by atoms with Crippen LogP contribution in [0.2, 0.25) is 0 Å². The maximum atomic E-state index is 13.2. The van der Waals surface area contributed by atoms with Gasteiger partial charge in [-0.2, -0.15) is 13.2 Å². The van der Waals surface area contributed by atoms with Crippen molar-refractivity contribution in [3.05, 3.63) is 77.9 Å². The van der Waals surface area contributed by atoms with E-state index in [2.05, 4.69) is 25.6 Å². The van der Waals surface area contributed by atoms with E-state index in [9.17, 15) is 18.0 Å². The average molecular weight is 441 g/mol. The Balaban J connectivity index is 1.48.